The lowest BCUT2D eigenvalue weighted by molar-refractivity contribution is -0.113. The van der Waals surface area contributed by atoms with Crippen LogP contribution in [0.2, 0.25) is 0 Å². The van der Waals surface area contributed by atoms with Gasteiger partial charge in [0.05, 0.1) is 24.9 Å². The zero-order valence-corrected chi connectivity index (χ0v) is 18.4. The Labute approximate surface area is 189 Å². The molecule has 164 valence electrons. The Bertz CT molecular complexity index is 1330. The van der Waals surface area contributed by atoms with Crippen molar-refractivity contribution < 1.29 is 18.3 Å². The highest BCUT2D eigenvalue weighted by Gasteiger charge is 2.15. The van der Waals surface area contributed by atoms with Crippen LogP contribution in [0, 0.1) is 11.6 Å². The maximum atomic E-state index is 13.4. The van der Waals surface area contributed by atoms with Crippen LogP contribution in [-0.2, 0) is 11.3 Å². The molecule has 2 heterocycles. The number of benzene rings is 2. The van der Waals surface area contributed by atoms with E-state index in [0.717, 1.165) is 35.5 Å². The van der Waals surface area contributed by atoms with E-state index in [2.05, 4.69) is 10.3 Å². The van der Waals surface area contributed by atoms with Crippen LogP contribution in [0.15, 0.2) is 63.9 Å². The van der Waals surface area contributed by atoms with Gasteiger partial charge in [-0.1, -0.05) is 23.9 Å². The van der Waals surface area contributed by atoms with Crippen molar-refractivity contribution in [2.24, 2.45) is 0 Å². The van der Waals surface area contributed by atoms with E-state index >= 15 is 0 Å². The average Bonchev–Trinajstić information content (AvgIpc) is 3.23. The number of nitrogens with one attached hydrogen (secondary N) is 1. The Morgan fingerprint density at radius 2 is 1.97 bits per heavy atom. The van der Waals surface area contributed by atoms with E-state index in [1.54, 1.807) is 18.6 Å². The van der Waals surface area contributed by atoms with Gasteiger partial charge in [-0.3, -0.25) is 14.2 Å². The largest absolute Gasteiger partial charge is 0.497 e. The number of anilines is 1. The van der Waals surface area contributed by atoms with E-state index < -0.39 is 17.5 Å². The van der Waals surface area contributed by atoms with E-state index in [1.807, 2.05) is 24.3 Å². The number of carbonyl (C=O) groups excluding carboxylic acids is 1. The van der Waals surface area contributed by atoms with E-state index in [4.69, 9.17) is 4.74 Å². The van der Waals surface area contributed by atoms with Crippen molar-refractivity contribution in [2.45, 2.75) is 11.7 Å². The minimum atomic E-state index is -0.787. The van der Waals surface area contributed by atoms with Gasteiger partial charge in [-0.15, -0.1) is 11.3 Å². The van der Waals surface area contributed by atoms with Crippen molar-refractivity contribution in [2.75, 3.05) is 18.2 Å². The van der Waals surface area contributed by atoms with Gasteiger partial charge >= 0.3 is 0 Å². The van der Waals surface area contributed by atoms with Crippen LogP contribution in [0.4, 0.5) is 14.5 Å². The third-order valence-electron chi connectivity index (χ3n) is 4.48. The van der Waals surface area contributed by atoms with Crippen molar-refractivity contribution in [3.8, 4) is 5.75 Å². The highest BCUT2D eigenvalue weighted by Crippen LogP contribution is 2.23. The monoisotopic (exact) mass is 473 g/mol. The predicted octanol–water partition coefficient (Wildman–Crippen LogP) is 4.52. The number of amides is 1. The summed E-state index contributed by atoms with van der Waals surface area (Å²) in [6, 6.07) is 11.9. The van der Waals surface area contributed by atoms with Gasteiger partial charge < -0.3 is 10.1 Å². The number of methoxy groups -OCH3 is 1. The van der Waals surface area contributed by atoms with Crippen LogP contribution in [0.25, 0.3) is 10.2 Å². The molecular formula is C22H17F2N3O3S2. The molecular weight excluding hydrogens is 456 g/mol. The van der Waals surface area contributed by atoms with Crippen LogP contribution >= 0.6 is 23.1 Å². The number of fused-ring (bicyclic) bond motifs is 1. The lowest BCUT2D eigenvalue weighted by Gasteiger charge is -2.13. The Hall–Kier alpha value is -3.24. The summed E-state index contributed by atoms with van der Waals surface area (Å²) in [6.07, 6.45) is 0. The molecule has 4 rings (SSSR count). The fourth-order valence-electron chi connectivity index (χ4n) is 3.08. The fraction of sp³-hybridized carbons (Fsp3) is 0.136. The normalized spacial score (nSPS) is 11.0. The zero-order chi connectivity index (χ0) is 22.7. The number of hydrogen-bond donors (Lipinski definition) is 1. The summed E-state index contributed by atoms with van der Waals surface area (Å²) in [7, 11) is 1.56. The molecule has 0 saturated carbocycles. The number of hydrogen-bond acceptors (Lipinski definition) is 6. The molecule has 0 spiro atoms. The van der Waals surface area contributed by atoms with E-state index in [0.29, 0.717) is 21.1 Å². The van der Waals surface area contributed by atoms with E-state index in [1.165, 1.54) is 15.9 Å². The molecule has 0 atom stereocenters. The average molecular weight is 474 g/mol. The van der Waals surface area contributed by atoms with Gasteiger partial charge in [-0.05, 0) is 41.3 Å². The maximum Gasteiger partial charge on any atom is 0.272 e. The molecule has 10 heteroatoms. The number of thioether (sulfide) groups is 1. The second kappa shape index (κ2) is 9.49. The molecule has 1 N–H and O–H groups in total. The Kier molecular flexibility index (Phi) is 6.52. The van der Waals surface area contributed by atoms with Crippen LogP contribution in [0.5, 0.6) is 5.75 Å². The van der Waals surface area contributed by atoms with Crippen LogP contribution in [0.1, 0.15) is 5.56 Å². The predicted molar refractivity (Wildman–Crippen MR) is 122 cm³/mol. The Morgan fingerprint density at radius 1 is 1.19 bits per heavy atom. The van der Waals surface area contributed by atoms with E-state index in [-0.39, 0.29) is 23.5 Å². The number of carbonyl (C=O) groups is 1. The quantitative estimate of drug-likeness (QED) is 0.316. The molecule has 6 nitrogen and oxygen atoms in total. The van der Waals surface area contributed by atoms with Crippen molar-refractivity contribution in [1.29, 1.82) is 0 Å². The second-order valence-corrected chi connectivity index (χ2v) is 8.63. The molecule has 0 aliphatic carbocycles. The van der Waals surface area contributed by atoms with Gasteiger partial charge in [-0.2, -0.15) is 0 Å². The second-order valence-electron chi connectivity index (χ2n) is 6.77. The molecule has 0 fully saturated rings. The summed E-state index contributed by atoms with van der Waals surface area (Å²) in [4.78, 5) is 30.0. The third-order valence-corrected chi connectivity index (χ3v) is 6.35. The van der Waals surface area contributed by atoms with Gasteiger partial charge in [0.2, 0.25) is 5.91 Å². The molecule has 4 aromatic rings. The standard InChI is InChI=1S/C22H17F2N3O3S2/c1-30-17-4-2-3-13(7-17)11-27-21(29)20-18(5-6-31-20)26-22(27)32-12-19(28)25-16-9-14(23)8-15(24)10-16/h2-10H,11-12H2,1H3,(H,25,28). The van der Waals surface area contributed by atoms with Crippen molar-refractivity contribution in [3.63, 3.8) is 0 Å². The SMILES string of the molecule is COc1cccc(Cn2c(SCC(=O)Nc3cc(F)cc(F)c3)nc3ccsc3c2=O)c1. The van der Waals surface area contributed by atoms with Gasteiger partial charge in [-0.25, -0.2) is 13.8 Å². The number of nitrogens with zero attached hydrogens (tertiary/aromatic N) is 2. The first-order chi connectivity index (χ1) is 15.4. The number of aromatic nitrogens is 2. The smallest absolute Gasteiger partial charge is 0.272 e. The highest BCUT2D eigenvalue weighted by atomic mass is 32.2. The molecule has 0 aliphatic heterocycles. The molecule has 0 saturated heterocycles. The number of ether oxygens (including phenoxy) is 1. The van der Waals surface area contributed by atoms with Crippen LogP contribution < -0.4 is 15.6 Å². The van der Waals surface area contributed by atoms with Crippen molar-refractivity contribution in [3.05, 3.63) is 81.5 Å². The minimum Gasteiger partial charge on any atom is -0.497 e. The summed E-state index contributed by atoms with van der Waals surface area (Å²) in [5.41, 5.74) is 1.20. The van der Waals surface area contributed by atoms with Crippen molar-refractivity contribution >= 4 is 44.9 Å². The fourth-order valence-corrected chi connectivity index (χ4v) is 4.66. The summed E-state index contributed by atoms with van der Waals surface area (Å²) in [5.74, 6) is -1.49. The molecule has 0 radical (unpaired) electrons. The molecule has 1 amide bonds. The van der Waals surface area contributed by atoms with Gasteiger partial charge in [0.25, 0.3) is 5.56 Å². The van der Waals surface area contributed by atoms with Gasteiger partial charge in [0.15, 0.2) is 5.16 Å². The van der Waals surface area contributed by atoms with Gasteiger partial charge in [0.1, 0.15) is 22.1 Å². The molecule has 2 aromatic carbocycles. The summed E-state index contributed by atoms with van der Waals surface area (Å²) in [5, 5.41) is 4.61. The van der Waals surface area contributed by atoms with Gasteiger partial charge in [0, 0.05) is 11.8 Å². The first-order valence-electron chi connectivity index (χ1n) is 9.42. The number of halogens is 2. The first-order valence-corrected chi connectivity index (χ1v) is 11.3. The zero-order valence-electron chi connectivity index (χ0n) is 16.8. The minimum absolute atomic E-state index is 0.0168. The molecule has 2 aromatic heterocycles. The lowest BCUT2D eigenvalue weighted by atomic mass is 10.2. The third kappa shape index (κ3) is 4.97. The summed E-state index contributed by atoms with van der Waals surface area (Å²) >= 11 is 2.37. The highest BCUT2D eigenvalue weighted by molar-refractivity contribution is 7.99. The summed E-state index contributed by atoms with van der Waals surface area (Å²) < 4.78 is 34.0. The first kappa shape index (κ1) is 22.0. The number of thiophene rings is 1. The van der Waals surface area contributed by atoms with Crippen LogP contribution in [-0.4, -0.2) is 28.3 Å². The lowest BCUT2D eigenvalue weighted by Crippen LogP contribution is -2.24. The summed E-state index contributed by atoms with van der Waals surface area (Å²) in [6.45, 7) is 0.246. The van der Waals surface area contributed by atoms with Crippen LogP contribution in [0.3, 0.4) is 0 Å². The van der Waals surface area contributed by atoms with E-state index in [9.17, 15) is 18.4 Å². The number of rotatable bonds is 7. The Morgan fingerprint density at radius 3 is 2.72 bits per heavy atom. The molecule has 0 bridgehead atoms. The topological polar surface area (TPSA) is 73.2 Å². The molecule has 0 unspecified atom stereocenters. The van der Waals surface area contributed by atoms with Crippen molar-refractivity contribution in [1.82, 2.24) is 9.55 Å². The Balaban J connectivity index is 1.58. The maximum absolute atomic E-state index is 13.4. The molecule has 32 heavy (non-hydrogen) atoms. The molecule has 0 aliphatic rings.